The number of methoxy groups -OCH3 is 1. The maximum Gasteiger partial charge on any atom is 0.251 e. The Hall–Kier alpha value is -3.57. The van der Waals surface area contributed by atoms with Gasteiger partial charge in [-0.15, -0.1) is 0 Å². The molecule has 11 heteroatoms. The molecule has 194 valence electrons. The molecule has 0 unspecified atom stereocenters. The van der Waals surface area contributed by atoms with Crippen molar-refractivity contribution in [1.82, 2.24) is 16.0 Å². The first-order chi connectivity index (χ1) is 16.9. The van der Waals surface area contributed by atoms with Gasteiger partial charge in [0, 0.05) is 19.7 Å². The molecule has 0 aliphatic carbocycles. The molecule has 4 amide bonds. The van der Waals surface area contributed by atoms with Crippen LogP contribution in [0.5, 0.6) is 0 Å². The van der Waals surface area contributed by atoms with E-state index in [0.717, 1.165) is 5.56 Å². The number of halogens is 1. The number of nitrogens with one attached hydrogen (secondary N) is 4. The Kier molecular flexibility index (Phi) is 10.3. The molecular weight excluding hydrogens is 483 g/mol. The second kappa shape index (κ2) is 12.9. The molecule has 0 saturated carbocycles. The predicted molar refractivity (Wildman–Crippen MR) is 138 cm³/mol. The molecule has 36 heavy (non-hydrogen) atoms. The minimum Gasteiger partial charge on any atom is -0.380 e. The standard InChI is InChI=1S/C25H33FN4O5Si/c1-16(31)27-13-22(32)28-14-23(33)30-24(18-8-6-17(7-9-18)15-35-2)25(34)29-19-10-11-21(20(26)12-19)36(3,4)5/h6-12,24H,13-15H2,1-5H3,(H,27,31)(H,28,32)(H,29,34)(H,30,33)/t24-/m1/s1. The van der Waals surface area contributed by atoms with Crippen LogP contribution in [-0.4, -0.2) is 51.9 Å². The van der Waals surface area contributed by atoms with E-state index in [1.807, 2.05) is 19.6 Å². The van der Waals surface area contributed by atoms with Gasteiger partial charge in [0.1, 0.15) is 11.9 Å². The summed E-state index contributed by atoms with van der Waals surface area (Å²) in [5, 5.41) is 10.6. The molecule has 0 radical (unpaired) electrons. The predicted octanol–water partition coefficient (Wildman–Crippen LogP) is 1.57. The first-order valence-electron chi connectivity index (χ1n) is 11.4. The second-order valence-corrected chi connectivity index (χ2v) is 14.3. The van der Waals surface area contributed by atoms with Crippen LogP contribution >= 0.6 is 0 Å². The van der Waals surface area contributed by atoms with E-state index in [0.29, 0.717) is 17.4 Å². The molecule has 9 nitrogen and oxygen atoms in total. The average molecular weight is 517 g/mol. The summed E-state index contributed by atoms with van der Waals surface area (Å²) < 4.78 is 19.8. The van der Waals surface area contributed by atoms with Crippen LogP contribution in [0.2, 0.25) is 19.6 Å². The van der Waals surface area contributed by atoms with Crippen molar-refractivity contribution in [3.05, 3.63) is 59.4 Å². The van der Waals surface area contributed by atoms with E-state index in [4.69, 9.17) is 4.74 Å². The topological polar surface area (TPSA) is 126 Å². The Morgan fingerprint density at radius 3 is 2.14 bits per heavy atom. The molecule has 0 saturated heterocycles. The summed E-state index contributed by atoms with van der Waals surface area (Å²) in [6, 6.07) is 10.4. The summed E-state index contributed by atoms with van der Waals surface area (Å²) in [6.45, 7) is 7.06. The summed E-state index contributed by atoms with van der Waals surface area (Å²) in [5.41, 5.74) is 1.63. The molecule has 2 rings (SSSR count). The SMILES string of the molecule is COCc1ccc([C@@H](NC(=O)CNC(=O)CNC(C)=O)C(=O)Nc2ccc([Si](C)(C)C)c(F)c2)cc1. The first-order valence-corrected chi connectivity index (χ1v) is 14.9. The van der Waals surface area contributed by atoms with Gasteiger partial charge in [-0.2, -0.15) is 0 Å². The zero-order valence-electron chi connectivity index (χ0n) is 21.2. The number of carbonyl (C=O) groups is 4. The number of carbonyl (C=O) groups excluding carboxylic acids is 4. The minimum atomic E-state index is -1.89. The van der Waals surface area contributed by atoms with Crippen molar-refractivity contribution >= 4 is 42.6 Å². The highest BCUT2D eigenvalue weighted by atomic mass is 28.3. The molecule has 0 aromatic heterocycles. The largest absolute Gasteiger partial charge is 0.380 e. The van der Waals surface area contributed by atoms with Crippen LogP contribution in [0, 0.1) is 5.82 Å². The van der Waals surface area contributed by atoms with Gasteiger partial charge in [-0.1, -0.05) is 50.0 Å². The summed E-state index contributed by atoms with van der Waals surface area (Å²) in [6.07, 6.45) is 0. The van der Waals surface area contributed by atoms with E-state index < -0.39 is 44.2 Å². The number of benzene rings is 2. The fraction of sp³-hybridized carbons (Fsp3) is 0.360. The van der Waals surface area contributed by atoms with Crippen molar-refractivity contribution in [2.45, 2.75) is 39.2 Å². The van der Waals surface area contributed by atoms with Crippen LogP contribution in [0.1, 0.15) is 24.1 Å². The van der Waals surface area contributed by atoms with E-state index in [-0.39, 0.29) is 18.1 Å². The molecule has 0 heterocycles. The maximum atomic E-state index is 14.7. The molecular formula is C25H33FN4O5Si. The third-order valence-electron chi connectivity index (χ3n) is 5.18. The van der Waals surface area contributed by atoms with Gasteiger partial charge in [0.05, 0.1) is 27.8 Å². The lowest BCUT2D eigenvalue weighted by Crippen LogP contribution is -2.44. The van der Waals surface area contributed by atoms with E-state index in [1.54, 1.807) is 43.5 Å². The van der Waals surface area contributed by atoms with E-state index >= 15 is 0 Å². The highest BCUT2D eigenvalue weighted by Crippen LogP contribution is 2.19. The summed E-state index contributed by atoms with van der Waals surface area (Å²) in [7, 11) is -0.326. The lowest BCUT2D eigenvalue weighted by atomic mass is 10.0. The van der Waals surface area contributed by atoms with Crippen molar-refractivity contribution in [2.24, 2.45) is 0 Å². The Labute approximate surface area is 211 Å². The number of amides is 4. The van der Waals surface area contributed by atoms with E-state index in [9.17, 15) is 23.6 Å². The molecule has 0 aliphatic heterocycles. The van der Waals surface area contributed by atoms with Crippen molar-refractivity contribution < 1.29 is 28.3 Å². The van der Waals surface area contributed by atoms with Crippen LogP contribution < -0.4 is 26.5 Å². The lowest BCUT2D eigenvalue weighted by Gasteiger charge is -2.21. The number of anilines is 1. The van der Waals surface area contributed by atoms with Crippen LogP contribution in [0.3, 0.4) is 0 Å². The monoisotopic (exact) mass is 516 g/mol. The normalized spacial score (nSPS) is 11.8. The lowest BCUT2D eigenvalue weighted by molar-refractivity contribution is -0.128. The second-order valence-electron chi connectivity index (χ2n) is 9.30. The van der Waals surface area contributed by atoms with Crippen LogP contribution in [0.15, 0.2) is 42.5 Å². The number of ether oxygens (including phenoxy) is 1. The molecule has 2 aromatic carbocycles. The number of hydrogen-bond donors (Lipinski definition) is 4. The fourth-order valence-electron chi connectivity index (χ4n) is 3.35. The Balaban J connectivity index is 2.18. The van der Waals surface area contributed by atoms with Gasteiger partial charge in [-0.05, 0) is 28.4 Å². The Morgan fingerprint density at radius 1 is 0.944 bits per heavy atom. The van der Waals surface area contributed by atoms with Crippen molar-refractivity contribution in [3.63, 3.8) is 0 Å². The highest BCUT2D eigenvalue weighted by molar-refractivity contribution is 6.88. The summed E-state index contributed by atoms with van der Waals surface area (Å²) >= 11 is 0. The third kappa shape index (κ3) is 8.89. The quantitative estimate of drug-likeness (QED) is 0.338. The van der Waals surface area contributed by atoms with Crippen LogP contribution in [-0.2, 0) is 30.5 Å². The summed E-state index contributed by atoms with van der Waals surface area (Å²) in [4.78, 5) is 48.4. The van der Waals surface area contributed by atoms with Gasteiger partial charge in [0.2, 0.25) is 17.7 Å². The van der Waals surface area contributed by atoms with Gasteiger partial charge in [-0.3, -0.25) is 19.2 Å². The zero-order chi connectivity index (χ0) is 26.9. The molecule has 4 N–H and O–H groups in total. The average Bonchev–Trinajstić information content (AvgIpc) is 2.79. The van der Waals surface area contributed by atoms with Gasteiger partial charge in [0.15, 0.2) is 0 Å². The fourth-order valence-corrected chi connectivity index (χ4v) is 4.72. The van der Waals surface area contributed by atoms with Crippen LogP contribution in [0.25, 0.3) is 0 Å². The van der Waals surface area contributed by atoms with Gasteiger partial charge in [-0.25, -0.2) is 4.39 Å². The molecule has 0 fully saturated rings. The first kappa shape index (κ1) is 28.7. The zero-order valence-corrected chi connectivity index (χ0v) is 22.2. The third-order valence-corrected chi connectivity index (χ3v) is 7.20. The van der Waals surface area contributed by atoms with Gasteiger partial charge >= 0.3 is 0 Å². The van der Waals surface area contributed by atoms with Gasteiger partial charge < -0.3 is 26.0 Å². The van der Waals surface area contributed by atoms with Gasteiger partial charge in [0.25, 0.3) is 5.91 Å². The molecule has 1 atom stereocenters. The van der Waals surface area contributed by atoms with Crippen LogP contribution in [0.4, 0.5) is 10.1 Å². The Bertz CT molecular complexity index is 1100. The summed E-state index contributed by atoms with van der Waals surface area (Å²) in [5.74, 6) is -2.51. The van der Waals surface area contributed by atoms with Crippen molar-refractivity contribution in [2.75, 3.05) is 25.5 Å². The number of rotatable bonds is 11. The highest BCUT2D eigenvalue weighted by Gasteiger charge is 2.25. The van der Waals surface area contributed by atoms with Crippen molar-refractivity contribution in [1.29, 1.82) is 0 Å². The molecule has 0 bridgehead atoms. The molecule has 0 spiro atoms. The van der Waals surface area contributed by atoms with E-state index in [1.165, 1.54) is 13.0 Å². The maximum absolute atomic E-state index is 14.7. The number of hydrogen-bond acceptors (Lipinski definition) is 5. The molecule has 0 aliphatic rings. The Morgan fingerprint density at radius 2 is 1.58 bits per heavy atom. The smallest absolute Gasteiger partial charge is 0.251 e. The minimum absolute atomic E-state index is 0.262. The van der Waals surface area contributed by atoms with E-state index in [2.05, 4.69) is 21.3 Å². The molecule has 2 aromatic rings. The van der Waals surface area contributed by atoms with Crippen molar-refractivity contribution in [3.8, 4) is 0 Å².